The molecule has 0 aliphatic carbocycles. The third-order valence-electron chi connectivity index (χ3n) is 3.49. The molecule has 1 aromatic heterocycles. The average molecular weight is 297 g/mol. The first kappa shape index (κ1) is 14.9. The van der Waals surface area contributed by atoms with E-state index in [2.05, 4.69) is 10.3 Å². The summed E-state index contributed by atoms with van der Waals surface area (Å²) in [6, 6.07) is 3.60. The minimum Gasteiger partial charge on any atom is -0.309 e. The van der Waals surface area contributed by atoms with Gasteiger partial charge in [0, 0.05) is 12.2 Å². The van der Waals surface area contributed by atoms with Gasteiger partial charge in [-0.05, 0) is 32.0 Å². The summed E-state index contributed by atoms with van der Waals surface area (Å²) in [5, 5.41) is 2.74. The maximum Gasteiger partial charge on any atom is 0.239 e. The number of carbonyl (C=O) groups excluding carboxylic acids is 1. The summed E-state index contributed by atoms with van der Waals surface area (Å²) in [7, 11) is -1.15. The van der Waals surface area contributed by atoms with E-state index in [0.717, 1.165) is 5.56 Å². The number of nitrogens with zero attached hydrogens (tertiary/aromatic N) is 2. The number of rotatable bonds is 4. The molecule has 0 saturated carbocycles. The number of sulfone groups is 1. The molecule has 20 heavy (non-hydrogen) atoms. The van der Waals surface area contributed by atoms with Crippen molar-refractivity contribution < 1.29 is 13.2 Å². The zero-order chi connectivity index (χ0) is 14.8. The van der Waals surface area contributed by atoms with Gasteiger partial charge in [0.15, 0.2) is 9.84 Å². The van der Waals surface area contributed by atoms with Gasteiger partial charge in [0.2, 0.25) is 5.91 Å². The van der Waals surface area contributed by atoms with Crippen LogP contribution < -0.4 is 5.32 Å². The second-order valence-electron chi connectivity index (χ2n) is 5.19. The molecule has 1 aliphatic heterocycles. The van der Waals surface area contributed by atoms with Crippen molar-refractivity contribution in [1.82, 2.24) is 9.88 Å². The van der Waals surface area contributed by atoms with Crippen molar-refractivity contribution in [2.75, 3.05) is 30.4 Å². The van der Waals surface area contributed by atoms with E-state index in [1.54, 1.807) is 24.2 Å². The number of nitrogens with one attached hydrogen (secondary N) is 1. The standard InChI is InChI=1S/C13H19N3O3S/c1-10-4-3-6-14-13(10)15-12(17)8-16(2)11-5-7-20(18,19)9-11/h3-4,6,11H,5,7-9H2,1-2H3,(H,14,15,17). The minimum atomic E-state index is -2.93. The van der Waals surface area contributed by atoms with Crippen LogP contribution in [0.4, 0.5) is 5.82 Å². The lowest BCUT2D eigenvalue weighted by Crippen LogP contribution is -2.38. The summed E-state index contributed by atoms with van der Waals surface area (Å²) < 4.78 is 22.9. The summed E-state index contributed by atoms with van der Waals surface area (Å²) in [6.45, 7) is 2.03. The van der Waals surface area contributed by atoms with Crippen LogP contribution in [0.2, 0.25) is 0 Å². The summed E-state index contributed by atoms with van der Waals surface area (Å²) >= 11 is 0. The fourth-order valence-electron chi connectivity index (χ4n) is 2.27. The van der Waals surface area contributed by atoms with Crippen molar-refractivity contribution in [3.63, 3.8) is 0 Å². The summed E-state index contributed by atoms with van der Waals surface area (Å²) in [5.41, 5.74) is 0.895. The van der Waals surface area contributed by atoms with Gasteiger partial charge in [-0.25, -0.2) is 13.4 Å². The quantitative estimate of drug-likeness (QED) is 0.873. The molecule has 1 aliphatic rings. The van der Waals surface area contributed by atoms with Gasteiger partial charge in [-0.1, -0.05) is 6.07 Å². The number of aromatic nitrogens is 1. The Hall–Kier alpha value is -1.47. The minimum absolute atomic E-state index is 0.0735. The normalized spacial score (nSPS) is 21.1. The second kappa shape index (κ2) is 5.88. The lowest BCUT2D eigenvalue weighted by atomic mass is 10.2. The molecule has 0 aromatic carbocycles. The highest BCUT2D eigenvalue weighted by Gasteiger charge is 2.31. The van der Waals surface area contributed by atoms with Crippen molar-refractivity contribution in [2.45, 2.75) is 19.4 Å². The van der Waals surface area contributed by atoms with E-state index >= 15 is 0 Å². The second-order valence-corrected chi connectivity index (χ2v) is 7.42. The molecule has 2 rings (SSSR count). The number of likely N-dealkylation sites (N-methyl/N-ethyl adjacent to an activating group) is 1. The van der Waals surface area contributed by atoms with E-state index in [-0.39, 0.29) is 30.0 Å². The van der Waals surface area contributed by atoms with Gasteiger partial charge in [0.1, 0.15) is 5.82 Å². The Morgan fingerprint density at radius 3 is 2.90 bits per heavy atom. The molecular formula is C13H19N3O3S. The van der Waals surface area contributed by atoms with Crippen molar-refractivity contribution in [1.29, 1.82) is 0 Å². The van der Waals surface area contributed by atoms with Crippen LogP contribution in [0.15, 0.2) is 18.3 Å². The Kier molecular flexibility index (Phi) is 4.39. The molecule has 1 amide bonds. The molecule has 1 aromatic rings. The Labute approximate surface area is 119 Å². The molecule has 0 spiro atoms. The Morgan fingerprint density at radius 1 is 1.55 bits per heavy atom. The first-order valence-corrected chi connectivity index (χ1v) is 8.32. The summed E-state index contributed by atoms with van der Waals surface area (Å²) in [5.74, 6) is 0.714. The molecule has 7 heteroatoms. The van der Waals surface area contributed by atoms with Crippen molar-refractivity contribution in [3.8, 4) is 0 Å². The lowest BCUT2D eigenvalue weighted by molar-refractivity contribution is -0.117. The smallest absolute Gasteiger partial charge is 0.239 e. The third-order valence-corrected chi connectivity index (χ3v) is 5.24. The molecular weight excluding hydrogens is 278 g/mol. The van der Waals surface area contributed by atoms with Crippen LogP contribution in [0.1, 0.15) is 12.0 Å². The van der Waals surface area contributed by atoms with Gasteiger partial charge in [0.25, 0.3) is 0 Å². The Balaban J connectivity index is 1.90. The third kappa shape index (κ3) is 3.77. The van der Waals surface area contributed by atoms with Crippen LogP contribution in [0.3, 0.4) is 0 Å². The van der Waals surface area contributed by atoms with Crippen molar-refractivity contribution >= 4 is 21.6 Å². The van der Waals surface area contributed by atoms with Crippen molar-refractivity contribution in [2.24, 2.45) is 0 Å². The van der Waals surface area contributed by atoms with Crippen LogP contribution in [0.5, 0.6) is 0 Å². The predicted octanol–water partition coefficient (Wildman–Crippen LogP) is 0.447. The molecule has 0 bridgehead atoms. The number of carbonyl (C=O) groups is 1. The van der Waals surface area contributed by atoms with Gasteiger partial charge in [-0.2, -0.15) is 0 Å². The molecule has 1 atom stereocenters. The van der Waals surface area contributed by atoms with E-state index in [9.17, 15) is 13.2 Å². The number of amides is 1. The Morgan fingerprint density at radius 2 is 2.30 bits per heavy atom. The van der Waals surface area contributed by atoms with E-state index < -0.39 is 9.84 Å². The number of aryl methyl sites for hydroxylation is 1. The predicted molar refractivity (Wildman–Crippen MR) is 77.3 cm³/mol. The van der Waals surface area contributed by atoms with Gasteiger partial charge < -0.3 is 5.32 Å². The number of anilines is 1. The molecule has 1 unspecified atom stereocenters. The largest absolute Gasteiger partial charge is 0.309 e. The Bertz CT molecular complexity index is 601. The SMILES string of the molecule is Cc1cccnc1NC(=O)CN(C)C1CCS(=O)(=O)C1. The van der Waals surface area contributed by atoms with E-state index in [1.807, 2.05) is 13.0 Å². The number of hydrogen-bond acceptors (Lipinski definition) is 5. The highest BCUT2D eigenvalue weighted by molar-refractivity contribution is 7.91. The molecule has 1 N–H and O–H groups in total. The molecule has 1 fully saturated rings. The molecule has 6 nitrogen and oxygen atoms in total. The monoisotopic (exact) mass is 297 g/mol. The molecule has 110 valence electrons. The fraction of sp³-hybridized carbons (Fsp3) is 0.538. The van der Waals surface area contributed by atoms with E-state index in [1.165, 1.54) is 0 Å². The highest BCUT2D eigenvalue weighted by Crippen LogP contribution is 2.16. The van der Waals surface area contributed by atoms with Gasteiger partial charge >= 0.3 is 0 Å². The zero-order valence-electron chi connectivity index (χ0n) is 11.7. The van der Waals surface area contributed by atoms with Crippen LogP contribution >= 0.6 is 0 Å². The topological polar surface area (TPSA) is 79.4 Å². The van der Waals surface area contributed by atoms with Gasteiger partial charge in [-0.3, -0.25) is 9.69 Å². The molecule has 1 saturated heterocycles. The molecule has 2 heterocycles. The zero-order valence-corrected chi connectivity index (χ0v) is 12.5. The van der Waals surface area contributed by atoms with Gasteiger partial charge in [0.05, 0.1) is 18.1 Å². The van der Waals surface area contributed by atoms with Crippen LogP contribution in [-0.4, -0.2) is 55.3 Å². The summed E-state index contributed by atoms with van der Waals surface area (Å²) in [4.78, 5) is 17.8. The lowest BCUT2D eigenvalue weighted by Gasteiger charge is -2.22. The summed E-state index contributed by atoms with van der Waals surface area (Å²) in [6.07, 6.45) is 2.21. The van der Waals surface area contributed by atoms with Crippen molar-refractivity contribution in [3.05, 3.63) is 23.9 Å². The maximum atomic E-state index is 12.0. The first-order valence-electron chi connectivity index (χ1n) is 6.49. The average Bonchev–Trinajstić information content (AvgIpc) is 2.73. The van der Waals surface area contributed by atoms with E-state index in [4.69, 9.17) is 0 Å². The van der Waals surface area contributed by atoms with E-state index in [0.29, 0.717) is 12.2 Å². The van der Waals surface area contributed by atoms with Crippen LogP contribution in [0.25, 0.3) is 0 Å². The number of pyridine rings is 1. The fourth-order valence-corrected chi connectivity index (χ4v) is 4.07. The maximum absolute atomic E-state index is 12.0. The number of hydrogen-bond donors (Lipinski definition) is 1. The van der Waals surface area contributed by atoms with Crippen LogP contribution in [0, 0.1) is 6.92 Å². The van der Waals surface area contributed by atoms with Crippen LogP contribution in [-0.2, 0) is 14.6 Å². The molecule has 0 radical (unpaired) electrons. The first-order chi connectivity index (χ1) is 9.37. The highest BCUT2D eigenvalue weighted by atomic mass is 32.2. The van der Waals surface area contributed by atoms with Gasteiger partial charge in [-0.15, -0.1) is 0 Å².